The Morgan fingerprint density at radius 1 is 1.53 bits per heavy atom. The molecule has 0 spiro atoms. The van der Waals surface area contributed by atoms with Crippen LogP contribution in [0.2, 0.25) is 0 Å². The van der Waals surface area contributed by atoms with Crippen LogP contribution in [0.1, 0.15) is 18.2 Å². The molecule has 0 aliphatic carbocycles. The Bertz CT molecular complexity index is 654. The topological polar surface area (TPSA) is 79.7 Å². The number of benzene rings is 1. The van der Waals surface area contributed by atoms with Crippen molar-refractivity contribution in [3.63, 3.8) is 0 Å². The van der Waals surface area contributed by atoms with Gasteiger partial charge in [0.25, 0.3) is 0 Å². The lowest BCUT2D eigenvalue weighted by Crippen LogP contribution is -2.04. The quantitative estimate of drug-likeness (QED) is 0.887. The van der Waals surface area contributed by atoms with Crippen LogP contribution in [0.15, 0.2) is 18.2 Å². The molecule has 1 aromatic heterocycles. The molecular weight excluding hydrogens is 245 g/mol. The summed E-state index contributed by atoms with van der Waals surface area (Å²) in [6.07, 6.45) is 0. The van der Waals surface area contributed by atoms with E-state index in [1.807, 2.05) is 13.8 Å². The molecule has 6 heteroatoms. The third-order valence-corrected chi connectivity index (χ3v) is 2.82. The Balaban J connectivity index is 2.39. The number of nitriles is 1. The van der Waals surface area contributed by atoms with Gasteiger partial charge in [-0.25, -0.2) is 9.07 Å². The maximum atomic E-state index is 13.2. The predicted octanol–water partition coefficient (Wildman–Crippen LogP) is 2.55. The first-order chi connectivity index (χ1) is 9.06. The van der Waals surface area contributed by atoms with Gasteiger partial charge in [0.15, 0.2) is 5.82 Å². The molecule has 19 heavy (non-hydrogen) atoms. The second kappa shape index (κ2) is 4.98. The molecule has 3 N–H and O–H groups in total. The summed E-state index contributed by atoms with van der Waals surface area (Å²) in [5.74, 6) is 0.108. The maximum Gasteiger partial charge on any atom is 0.152 e. The van der Waals surface area contributed by atoms with Gasteiger partial charge in [-0.15, -0.1) is 0 Å². The van der Waals surface area contributed by atoms with Gasteiger partial charge in [-0.05, 0) is 32.0 Å². The summed E-state index contributed by atoms with van der Waals surface area (Å²) < 4.78 is 15.0. The van der Waals surface area contributed by atoms with E-state index >= 15 is 0 Å². The number of hydrogen-bond acceptors (Lipinski definition) is 4. The van der Waals surface area contributed by atoms with Crippen LogP contribution in [-0.2, 0) is 6.54 Å². The molecular formula is C13H14FN5. The van der Waals surface area contributed by atoms with Crippen LogP contribution in [0, 0.1) is 24.1 Å². The molecule has 0 bridgehead atoms. The summed E-state index contributed by atoms with van der Waals surface area (Å²) in [6, 6.07) is 6.04. The number of anilines is 3. The molecule has 0 amide bonds. The summed E-state index contributed by atoms with van der Waals surface area (Å²) in [7, 11) is 0. The molecule has 0 aliphatic rings. The maximum absolute atomic E-state index is 13.2. The van der Waals surface area contributed by atoms with Gasteiger partial charge in [0.2, 0.25) is 0 Å². The van der Waals surface area contributed by atoms with E-state index in [9.17, 15) is 4.39 Å². The second-order valence-electron chi connectivity index (χ2n) is 4.09. The number of nitrogens with two attached hydrogens (primary N) is 1. The van der Waals surface area contributed by atoms with Crippen molar-refractivity contribution in [1.82, 2.24) is 9.78 Å². The standard InChI is InChI=1S/C13H14FN5/c1-3-19-13(12(16)8(2)18-19)17-10-4-5-11(14)9(6-10)7-15/h4-6,17H,3,16H2,1-2H3. The highest BCUT2D eigenvalue weighted by molar-refractivity contribution is 5.71. The zero-order valence-corrected chi connectivity index (χ0v) is 10.7. The zero-order chi connectivity index (χ0) is 14.0. The number of nitrogens with zero attached hydrogens (tertiary/aromatic N) is 3. The van der Waals surface area contributed by atoms with Crippen LogP contribution >= 0.6 is 0 Å². The van der Waals surface area contributed by atoms with Crippen LogP contribution in [0.3, 0.4) is 0 Å². The van der Waals surface area contributed by atoms with Crippen molar-refractivity contribution in [3.05, 3.63) is 35.3 Å². The van der Waals surface area contributed by atoms with E-state index in [0.717, 1.165) is 5.69 Å². The molecule has 0 aliphatic heterocycles. The third kappa shape index (κ3) is 2.36. The van der Waals surface area contributed by atoms with Crippen molar-refractivity contribution in [1.29, 1.82) is 5.26 Å². The summed E-state index contributed by atoms with van der Waals surface area (Å²) in [6.45, 7) is 4.42. The minimum absolute atomic E-state index is 0.0112. The lowest BCUT2D eigenvalue weighted by atomic mass is 10.2. The number of hydrogen-bond donors (Lipinski definition) is 2. The smallest absolute Gasteiger partial charge is 0.152 e. The summed E-state index contributed by atoms with van der Waals surface area (Å²) in [5.41, 5.74) is 7.80. The molecule has 1 heterocycles. The molecule has 0 unspecified atom stereocenters. The molecule has 0 atom stereocenters. The number of nitrogen functional groups attached to an aromatic ring is 1. The number of nitrogens with one attached hydrogen (secondary N) is 1. The average molecular weight is 259 g/mol. The fourth-order valence-electron chi connectivity index (χ4n) is 1.78. The molecule has 2 rings (SSSR count). The first kappa shape index (κ1) is 12.9. The summed E-state index contributed by atoms with van der Waals surface area (Å²) in [4.78, 5) is 0. The molecule has 0 fully saturated rings. The lowest BCUT2D eigenvalue weighted by molar-refractivity contribution is 0.624. The molecule has 0 radical (unpaired) electrons. The van der Waals surface area contributed by atoms with E-state index < -0.39 is 5.82 Å². The summed E-state index contributed by atoms with van der Waals surface area (Å²) >= 11 is 0. The Hall–Kier alpha value is -2.55. The van der Waals surface area contributed by atoms with Crippen molar-refractivity contribution in [2.75, 3.05) is 11.1 Å². The van der Waals surface area contributed by atoms with Gasteiger partial charge >= 0.3 is 0 Å². The van der Waals surface area contributed by atoms with Crippen LogP contribution in [0.25, 0.3) is 0 Å². The van der Waals surface area contributed by atoms with E-state index in [1.165, 1.54) is 12.1 Å². The van der Waals surface area contributed by atoms with E-state index in [-0.39, 0.29) is 5.56 Å². The highest BCUT2D eigenvalue weighted by Gasteiger charge is 2.12. The molecule has 0 saturated heterocycles. The number of aromatic nitrogens is 2. The molecule has 98 valence electrons. The van der Waals surface area contributed by atoms with Gasteiger partial charge in [-0.2, -0.15) is 10.4 Å². The minimum Gasteiger partial charge on any atom is -0.394 e. The Morgan fingerprint density at radius 3 is 2.89 bits per heavy atom. The predicted molar refractivity (Wildman–Crippen MR) is 71.4 cm³/mol. The van der Waals surface area contributed by atoms with Gasteiger partial charge in [0.05, 0.1) is 16.9 Å². The second-order valence-corrected chi connectivity index (χ2v) is 4.09. The van der Waals surface area contributed by atoms with Crippen LogP contribution in [0.5, 0.6) is 0 Å². The molecule has 0 saturated carbocycles. The zero-order valence-electron chi connectivity index (χ0n) is 10.7. The Kier molecular flexibility index (Phi) is 3.38. The van der Waals surface area contributed by atoms with Gasteiger partial charge < -0.3 is 11.1 Å². The van der Waals surface area contributed by atoms with Crippen molar-refractivity contribution >= 4 is 17.2 Å². The van der Waals surface area contributed by atoms with Crippen LogP contribution in [-0.4, -0.2) is 9.78 Å². The van der Waals surface area contributed by atoms with Crippen molar-refractivity contribution in [3.8, 4) is 6.07 Å². The minimum atomic E-state index is -0.541. The average Bonchev–Trinajstić information content (AvgIpc) is 2.68. The third-order valence-electron chi connectivity index (χ3n) is 2.82. The van der Waals surface area contributed by atoms with Crippen LogP contribution < -0.4 is 11.1 Å². The first-order valence-corrected chi connectivity index (χ1v) is 5.86. The molecule has 2 aromatic rings. The normalized spacial score (nSPS) is 10.2. The van der Waals surface area contributed by atoms with Crippen molar-refractivity contribution in [2.24, 2.45) is 0 Å². The number of halogens is 1. The van der Waals surface area contributed by atoms with Crippen LogP contribution in [0.4, 0.5) is 21.6 Å². The Labute approximate surface area is 110 Å². The fraction of sp³-hybridized carbons (Fsp3) is 0.231. The highest BCUT2D eigenvalue weighted by atomic mass is 19.1. The van der Waals surface area contributed by atoms with Gasteiger partial charge in [-0.3, -0.25) is 0 Å². The SMILES string of the molecule is CCn1nc(C)c(N)c1Nc1ccc(F)c(C#N)c1. The van der Waals surface area contributed by atoms with E-state index in [4.69, 9.17) is 11.0 Å². The monoisotopic (exact) mass is 259 g/mol. The molecule has 1 aromatic carbocycles. The van der Waals surface area contributed by atoms with Gasteiger partial charge in [0.1, 0.15) is 11.9 Å². The number of rotatable bonds is 3. The van der Waals surface area contributed by atoms with Crippen molar-refractivity contribution < 1.29 is 4.39 Å². The van der Waals surface area contributed by atoms with E-state index in [0.29, 0.717) is 23.7 Å². The van der Waals surface area contributed by atoms with Crippen molar-refractivity contribution in [2.45, 2.75) is 20.4 Å². The summed E-state index contributed by atoms with van der Waals surface area (Å²) in [5, 5.41) is 16.2. The van der Waals surface area contributed by atoms with Gasteiger partial charge in [0, 0.05) is 12.2 Å². The number of aryl methyl sites for hydroxylation is 2. The molecule has 5 nitrogen and oxygen atoms in total. The van der Waals surface area contributed by atoms with E-state index in [2.05, 4.69) is 10.4 Å². The highest BCUT2D eigenvalue weighted by Crippen LogP contribution is 2.26. The lowest BCUT2D eigenvalue weighted by Gasteiger charge is -2.09. The first-order valence-electron chi connectivity index (χ1n) is 5.86. The largest absolute Gasteiger partial charge is 0.394 e. The van der Waals surface area contributed by atoms with E-state index in [1.54, 1.807) is 16.8 Å². The fourth-order valence-corrected chi connectivity index (χ4v) is 1.78. The Morgan fingerprint density at radius 2 is 2.26 bits per heavy atom. The van der Waals surface area contributed by atoms with Gasteiger partial charge in [-0.1, -0.05) is 0 Å².